The third-order valence-electron chi connectivity index (χ3n) is 2.78. The van der Waals surface area contributed by atoms with Crippen LogP contribution in [-0.2, 0) is 4.79 Å². The molecule has 1 aromatic heterocycles. The lowest BCUT2D eigenvalue weighted by atomic mass is 10.1. The lowest BCUT2D eigenvalue weighted by Gasteiger charge is -2.32. The molecule has 1 aliphatic heterocycles. The van der Waals surface area contributed by atoms with E-state index in [-0.39, 0.29) is 18.1 Å². The maximum atomic E-state index is 11.8. The Kier molecular flexibility index (Phi) is 3.55. The molecule has 2 rings (SSSR count). The predicted octanol–water partition coefficient (Wildman–Crippen LogP) is -0.179. The van der Waals surface area contributed by atoms with Crippen LogP contribution in [-0.4, -0.2) is 54.0 Å². The molecule has 0 unspecified atom stereocenters. The Morgan fingerprint density at radius 3 is 3.06 bits per heavy atom. The van der Waals surface area contributed by atoms with E-state index in [4.69, 9.17) is 9.52 Å². The number of aliphatic carboxylic acids is 1. The first kappa shape index (κ1) is 11.8. The van der Waals surface area contributed by atoms with Crippen molar-refractivity contribution in [2.75, 3.05) is 26.2 Å². The minimum absolute atomic E-state index is 0.0756. The number of carbonyl (C=O) groups excluding carboxylic acids is 1. The Hall–Kier alpha value is -1.66. The van der Waals surface area contributed by atoms with Crippen molar-refractivity contribution in [3.63, 3.8) is 0 Å². The third-order valence-corrected chi connectivity index (χ3v) is 2.78. The summed E-state index contributed by atoms with van der Waals surface area (Å²) >= 11 is 0. The van der Waals surface area contributed by atoms with Gasteiger partial charge in [0, 0.05) is 19.6 Å². The van der Waals surface area contributed by atoms with Gasteiger partial charge in [0.05, 0.1) is 12.8 Å². The quantitative estimate of drug-likeness (QED) is 0.708. The van der Waals surface area contributed by atoms with Crippen molar-refractivity contribution in [3.8, 4) is 0 Å². The largest absolute Gasteiger partial charge is 0.480 e. The zero-order valence-corrected chi connectivity index (χ0v) is 9.26. The first-order valence-electron chi connectivity index (χ1n) is 5.43. The van der Waals surface area contributed by atoms with E-state index in [0.717, 1.165) is 0 Å². The van der Waals surface area contributed by atoms with Crippen molar-refractivity contribution >= 4 is 11.8 Å². The second-order valence-corrected chi connectivity index (χ2v) is 3.93. The minimum Gasteiger partial charge on any atom is -0.480 e. The Morgan fingerprint density at radius 2 is 2.41 bits per heavy atom. The Labute approximate surface area is 98.2 Å². The van der Waals surface area contributed by atoms with Gasteiger partial charge in [-0.25, -0.2) is 0 Å². The molecule has 1 aromatic rings. The highest BCUT2D eigenvalue weighted by Crippen LogP contribution is 2.08. The second-order valence-electron chi connectivity index (χ2n) is 3.93. The van der Waals surface area contributed by atoms with Gasteiger partial charge in [-0.05, 0) is 12.1 Å². The fourth-order valence-corrected chi connectivity index (χ4v) is 1.88. The smallest absolute Gasteiger partial charge is 0.322 e. The molecule has 0 saturated carbocycles. The summed E-state index contributed by atoms with van der Waals surface area (Å²) in [7, 11) is 0. The molecule has 1 atom stereocenters. The predicted molar refractivity (Wildman–Crippen MR) is 58.9 cm³/mol. The van der Waals surface area contributed by atoms with Crippen molar-refractivity contribution in [2.45, 2.75) is 6.04 Å². The average Bonchev–Trinajstić information content (AvgIpc) is 2.83. The van der Waals surface area contributed by atoms with Crippen molar-refractivity contribution in [2.24, 2.45) is 0 Å². The van der Waals surface area contributed by atoms with Crippen LogP contribution < -0.4 is 5.32 Å². The van der Waals surface area contributed by atoms with Gasteiger partial charge in [-0.1, -0.05) is 0 Å². The fraction of sp³-hybridized carbons (Fsp3) is 0.455. The molecule has 92 valence electrons. The molecule has 0 radical (unpaired) electrons. The molecule has 0 spiro atoms. The van der Waals surface area contributed by atoms with Crippen LogP contribution in [0.4, 0.5) is 0 Å². The number of Topliss-reactive ketones (excluding diaryl/α,β-unsaturated/α-hetero) is 1. The number of carbonyl (C=O) groups is 2. The van der Waals surface area contributed by atoms with Gasteiger partial charge in [0.1, 0.15) is 6.04 Å². The molecule has 6 nitrogen and oxygen atoms in total. The van der Waals surface area contributed by atoms with Crippen LogP contribution in [0.3, 0.4) is 0 Å². The van der Waals surface area contributed by atoms with Crippen molar-refractivity contribution in [1.29, 1.82) is 0 Å². The highest BCUT2D eigenvalue weighted by molar-refractivity contribution is 5.95. The van der Waals surface area contributed by atoms with Crippen LogP contribution >= 0.6 is 0 Å². The average molecular weight is 238 g/mol. The molecule has 2 heterocycles. The molecule has 1 aliphatic rings. The molecular weight excluding hydrogens is 224 g/mol. The first-order valence-corrected chi connectivity index (χ1v) is 5.43. The summed E-state index contributed by atoms with van der Waals surface area (Å²) < 4.78 is 4.99. The molecule has 0 bridgehead atoms. The number of nitrogens with zero attached hydrogens (tertiary/aromatic N) is 1. The van der Waals surface area contributed by atoms with Crippen LogP contribution in [0.5, 0.6) is 0 Å². The zero-order chi connectivity index (χ0) is 12.3. The number of hydrogen-bond donors (Lipinski definition) is 2. The monoisotopic (exact) mass is 238 g/mol. The molecular formula is C11H14N2O4. The van der Waals surface area contributed by atoms with Crippen molar-refractivity contribution < 1.29 is 19.1 Å². The number of nitrogens with one attached hydrogen (secondary N) is 1. The van der Waals surface area contributed by atoms with Crippen LogP contribution in [0.1, 0.15) is 10.6 Å². The number of carboxylic acid groups (broad SMARTS) is 1. The molecule has 0 amide bonds. The lowest BCUT2D eigenvalue weighted by molar-refractivity contribution is -0.143. The van der Waals surface area contributed by atoms with Crippen LogP contribution in [0, 0.1) is 0 Å². The number of piperazine rings is 1. The van der Waals surface area contributed by atoms with E-state index in [0.29, 0.717) is 19.6 Å². The molecule has 1 saturated heterocycles. The Balaban J connectivity index is 2.01. The third kappa shape index (κ3) is 2.72. The van der Waals surface area contributed by atoms with Crippen LogP contribution in [0.15, 0.2) is 22.8 Å². The number of rotatable bonds is 4. The van der Waals surface area contributed by atoms with Gasteiger partial charge < -0.3 is 14.8 Å². The second kappa shape index (κ2) is 5.11. The van der Waals surface area contributed by atoms with Crippen LogP contribution in [0.2, 0.25) is 0 Å². The summed E-state index contributed by atoms with van der Waals surface area (Å²) in [5, 5.41) is 12.0. The number of carboxylic acids is 1. The van der Waals surface area contributed by atoms with E-state index in [2.05, 4.69) is 5.32 Å². The normalized spacial score (nSPS) is 21.3. The Morgan fingerprint density at radius 1 is 1.59 bits per heavy atom. The van der Waals surface area contributed by atoms with E-state index >= 15 is 0 Å². The number of hydrogen-bond acceptors (Lipinski definition) is 5. The van der Waals surface area contributed by atoms with Crippen molar-refractivity contribution in [3.05, 3.63) is 24.2 Å². The summed E-state index contributed by atoms with van der Waals surface area (Å²) in [4.78, 5) is 24.5. The van der Waals surface area contributed by atoms with Gasteiger partial charge in [0.2, 0.25) is 5.78 Å². The lowest BCUT2D eigenvalue weighted by Crippen LogP contribution is -2.56. The van der Waals surface area contributed by atoms with Gasteiger partial charge >= 0.3 is 5.97 Å². The highest BCUT2D eigenvalue weighted by Gasteiger charge is 2.30. The summed E-state index contributed by atoms with van der Waals surface area (Å²) in [5.74, 6) is -0.833. The van der Waals surface area contributed by atoms with E-state index in [9.17, 15) is 9.59 Å². The summed E-state index contributed by atoms with van der Waals surface area (Å²) in [6, 6.07) is 2.57. The summed E-state index contributed by atoms with van der Waals surface area (Å²) in [6.45, 7) is 1.67. The van der Waals surface area contributed by atoms with Gasteiger partial charge in [0.25, 0.3) is 0 Å². The number of furan rings is 1. The van der Waals surface area contributed by atoms with Gasteiger partial charge in [-0.3, -0.25) is 14.5 Å². The summed E-state index contributed by atoms with van der Waals surface area (Å²) in [5.41, 5.74) is 0. The van der Waals surface area contributed by atoms with Gasteiger partial charge in [0.15, 0.2) is 5.76 Å². The number of ketones is 1. The Bertz CT molecular complexity index is 402. The molecule has 0 aliphatic carbocycles. The zero-order valence-electron chi connectivity index (χ0n) is 9.26. The standard InChI is InChI=1S/C11H14N2O4/c14-9(10-2-1-5-17-10)7-13-4-3-12-6-8(13)11(15)16/h1-2,5,8,12H,3-4,6-7H2,(H,15,16)/t8-/m0/s1. The first-order chi connectivity index (χ1) is 8.18. The highest BCUT2D eigenvalue weighted by atomic mass is 16.4. The van der Waals surface area contributed by atoms with Crippen LogP contribution in [0.25, 0.3) is 0 Å². The van der Waals surface area contributed by atoms with Gasteiger partial charge in [-0.2, -0.15) is 0 Å². The summed E-state index contributed by atoms with van der Waals surface area (Å²) in [6.07, 6.45) is 1.43. The topological polar surface area (TPSA) is 82.8 Å². The molecule has 0 aromatic carbocycles. The van der Waals surface area contributed by atoms with Crippen molar-refractivity contribution in [1.82, 2.24) is 10.2 Å². The van der Waals surface area contributed by atoms with E-state index in [1.165, 1.54) is 6.26 Å². The van der Waals surface area contributed by atoms with E-state index < -0.39 is 12.0 Å². The fourth-order valence-electron chi connectivity index (χ4n) is 1.88. The SMILES string of the molecule is O=C(CN1CCNC[C@H]1C(=O)O)c1ccco1. The molecule has 17 heavy (non-hydrogen) atoms. The van der Waals surface area contributed by atoms with E-state index in [1.807, 2.05) is 0 Å². The molecule has 2 N–H and O–H groups in total. The molecule has 6 heteroatoms. The maximum Gasteiger partial charge on any atom is 0.322 e. The van der Waals surface area contributed by atoms with Gasteiger partial charge in [-0.15, -0.1) is 0 Å². The molecule has 1 fully saturated rings. The minimum atomic E-state index is -0.913. The van der Waals surface area contributed by atoms with E-state index in [1.54, 1.807) is 17.0 Å². The maximum absolute atomic E-state index is 11.8.